The van der Waals surface area contributed by atoms with E-state index in [0.717, 1.165) is 31.4 Å². The van der Waals surface area contributed by atoms with E-state index in [4.69, 9.17) is 0 Å². The summed E-state index contributed by atoms with van der Waals surface area (Å²) in [6.07, 6.45) is 3.41. The van der Waals surface area contributed by atoms with Crippen LogP contribution in [0.5, 0.6) is 0 Å². The van der Waals surface area contributed by atoms with Gasteiger partial charge >= 0.3 is 5.97 Å². The average molecular weight is 302 g/mol. The lowest BCUT2D eigenvalue weighted by Gasteiger charge is -2.27. The van der Waals surface area contributed by atoms with Gasteiger partial charge in [-0.25, -0.2) is 0 Å². The molecule has 1 aliphatic carbocycles. The molecule has 0 bridgehead atoms. The van der Waals surface area contributed by atoms with Crippen LogP contribution < -0.4 is 10.6 Å². The highest BCUT2D eigenvalue weighted by molar-refractivity contribution is 6.02. The third-order valence-electron chi connectivity index (χ3n) is 4.96. The first-order valence-corrected chi connectivity index (χ1v) is 7.96. The molecule has 1 heterocycles. The van der Waals surface area contributed by atoms with Gasteiger partial charge in [-0.3, -0.25) is 9.59 Å². The Bertz CT molecular complexity index is 579. The molecule has 1 aromatic carbocycles. The minimum atomic E-state index is -1.23. The Labute approximate surface area is 130 Å². The number of carbonyl (C=O) groups excluding carboxylic acids is 1. The van der Waals surface area contributed by atoms with Crippen LogP contribution in [0.25, 0.3) is 0 Å². The van der Waals surface area contributed by atoms with E-state index in [9.17, 15) is 14.7 Å². The van der Waals surface area contributed by atoms with Crippen molar-refractivity contribution >= 4 is 11.9 Å². The predicted molar refractivity (Wildman–Crippen MR) is 82.4 cm³/mol. The molecule has 3 rings (SSSR count). The smallest absolute Gasteiger partial charge is 0.319 e. The van der Waals surface area contributed by atoms with Gasteiger partial charge in [0.25, 0.3) is 0 Å². The van der Waals surface area contributed by atoms with Gasteiger partial charge in [0.1, 0.15) is 5.41 Å². The van der Waals surface area contributed by atoms with Crippen molar-refractivity contribution in [3.63, 3.8) is 0 Å². The van der Waals surface area contributed by atoms with E-state index in [0.29, 0.717) is 19.4 Å². The van der Waals surface area contributed by atoms with E-state index in [1.165, 1.54) is 5.56 Å². The molecule has 0 spiro atoms. The van der Waals surface area contributed by atoms with Crippen LogP contribution in [-0.4, -0.2) is 30.1 Å². The van der Waals surface area contributed by atoms with E-state index in [-0.39, 0.29) is 11.9 Å². The minimum Gasteiger partial charge on any atom is -0.480 e. The van der Waals surface area contributed by atoms with Crippen molar-refractivity contribution in [1.82, 2.24) is 10.6 Å². The number of nitrogens with one attached hydrogen (secondary N) is 2. The van der Waals surface area contributed by atoms with Gasteiger partial charge in [-0.15, -0.1) is 0 Å². The van der Waals surface area contributed by atoms with Gasteiger partial charge in [0, 0.05) is 6.54 Å². The average Bonchev–Trinajstić information content (AvgIpc) is 2.94. The van der Waals surface area contributed by atoms with E-state index in [1.807, 2.05) is 18.2 Å². The van der Waals surface area contributed by atoms with Crippen LogP contribution in [0.3, 0.4) is 0 Å². The van der Waals surface area contributed by atoms with Gasteiger partial charge in [-0.2, -0.15) is 0 Å². The molecular weight excluding hydrogens is 280 g/mol. The van der Waals surface area contributed by atoms with Crippen molar-refractivity contribution in [2.24, 2.45) is 5.41 Å². The van der Waals surface area contributed by atoms with Crippen molar-refractivity contribution in [2.75, 3.05) is 13.1 Å². The summed E-state index contributed by atoms with van der Waals surface area (Å²) in [6.45, 7) is 1.51. The Kier molecular flexibility index (Phi) is 4.16. The number of carbonyl (C=O) groups is 2. The van der Waals surface area contributed by atoms with E-state index in [2.05, 4.69) is 16.7 Å². The Morgan fingerprint density at radius 1 is 1.23 bits per heavy atom. The number of carboxylic acids is 1. The lowest BCUT2D eigenvalue weighted by atomic mass is 9.84. The van der Waals surface area contributed by atoms with Crippen LogP contribution in [0.15, 0.2) is 24.3 Å². The lowest BCUT2D eigenvalue weighted by Crippen LogP contribution is -2.47. The SMILES string of the molecule is O=C(O)C1(C(=O)NC2CNCCc3ccccc32)CCCC1. The summed E-state index contributed by atoms with van der Waals surface area (Å²) in [4.78, 5) is 24.3. The second-order valence-corrected chi connectivity index (χ2v) is 6.27. The summed E-state index contributed by atoms with van der Waals surface area (Å²) < 4.78 is 0. The second kappa shape index (κ2) is 6.08. The molecule has 22 heavy (non-hydrogen) atoms. The van der Waals surface area contributed by atoms with Gasteiger partial charge in [-0.1, -0.05) is 37.1 Å². The molecule has 1 fully saturated rings. The van der Waals surface area contributed by atoms with Crippen molar-refractivity contribution < 1.29 is 14.7 Å². The zero-order chi connectivity index (χ0) is 15.6. The number of aliphatic carboxylic acids is 1. The van der Waals surface area contributed by atoms with E-state index in [1.54, 1.807) is 0 Å². The number of hydrogen-bond acceptors (Lipinski definition) is 3. The molecule has 5 nitrogen and oxygen atoms in total. The number of rotatable bonds is 3. The quantitative estimate of drug-likeness (QED) is 0.742. The molecule has 2 aliphatic rings. The standard InChI is InChI=1S/C17H22N2O3/c20-15(17(16(21)22)8-3-4-9-17)19-14-11-18-10-7-12-5-1-2-6-13(12)14/h1-2,5-6,14,18H,3-4,7-11H2,(H,19,20)(H,21,22). The first-order valence-electron chi connectivity index (χ1n) is 7.96. The number of fused-ring (bicyclic) bond motifs is 1. The van der Waals surface area contributed by atoms with Crippen molar-refractivity contribution in [2.45, 2.75) is 38.1 Å². The van der Waals surface area contributed by atoms with Gasteiger partial charge in [0.15, 0.2) is 0 Å². The van der Waals surface area contributed by atoms with Gasteiger partial charge in [0.05, 0.1) is 6.04 Å². The Morgan fingerprint density at radius 2 is 1.95 bits per heavy atom. The zero-order valence-corrected chi connectivity index (χ0v) is 12.6. The maximum atomic E-state index is 12.7. The van der Waals surface area contributed by atoms with Crippen LogP contribution in [-0.2, 0) is 16.0 Å². The van der Waals surface area contributed by atoms with Crippen molar-refractivity contribution in [3.8, 4) is 0 Å². The fourth-order valence-electron chi connectivity index (χ4n) is 3.62. The highest BCUT2D eigenvalue weighted by Crippen LogP contribution is 2.39. The van der Waals surface area contributed by atoms with E-state index >= 15 is 0 Å². The molecule has 0 aromatic heterocycles. The molecule has 1 amide bonds. The summed E-state index contributed by atoms with van der Waals surface area (Å²) in [5, 5.41) is 15.9. The van der Waals surface area contributed by atoms with Gasteiger partial charge in [0.2, 0.25) is 5.91 Å². The van der Waals surface area contributed by atoms with Gasteiger partial charge < -0.3 is 15.7 Å². The van der Waals surface area contributed by atoms with Crippen LogP contribution >= 0.6 is 0 Å². The summed E-state index contributed by atoms with van der Waals surface area (Å²) in [5.41, 5.74) is 1.08. The number of carboxylic acid groups (broad SMARTS) is 1. The molecule has 118 valence electrons. The first kappa shape index (κ1) is 15.0. The topological polar surface area (TPSA) is 78.4 Å². The molecule has 0 saturated heterocycles. The third-order valence-corrected chi connectivity index (χ3v) is 4.96. The maximum Gasteiger partial charge on any atom is 0.319 e. The fraction of sp³-hybridized carbons (Fsp3) is 0.529. The monoisotopic (exact) mass is 302 g/mol. The van der Waals surface area contributed by atoms with Crippen LogP contribution in [0.4, 0.5) is 0 Å². The predicted octanol–water partition coefficient (Wildman–Crippen LogP) is 1.63. The third kappa shape index (κ3) is 2.61. The summed E-state index contributed by atoms with van der Waals surface area (Å²) in [6, 6.07) is 7.90. The summed E-state index contributed by atoms with van der Waals surface area (Å²) in [5.74, 6) is -1.32. The minimum absolute atomic E-state index is 0.164. The second-order valence-electron chi connectivity index (χ2n) is 6.27. The Hall–Kier alpha value is -1.88. The van der Waals surface area contributed by atoms with Crippen molar-refractivity contribution in [3.05, 3.63) is 35.4 Å². The molecule has 1 unspecified atom stereocenters. The highest BCUT2D eigenvalue weighted by atomic mass is 16.4. The first-order chi connectivity index (χ1) is 10.6. The Balaban J connectivity index is 1.83. The number of benzene rings is 1. The van der Waals surface area contributed by atoms with Crippen molar-refractivity contribution in [1.29, 1.82) is 0 Å². The molecule has 0 radical (unpaired) electrons. The largest absolute Gasteiger partial charge is 0.480 e. The zero-order valence-electron chi connectivity index (χ0n) is 12.6. The lowest BCUT2D eigenvalue weighted by molar-refractivity contribution is -0.155. The number of hydrogen-bond donors (Lipinski definition) is 3. The molecule has 3 N–H and O–H groups in total. The highest BCUT2D eigenvalue weighted by Gasteiger charge is 2.48. The molecule has 5 heteroatoms. The molecular formula is C17H22N2O3. The van der Waals surface area contributed by atoms with Crippen LogP contribution in [0, 0.1) is 5.41 Å². The molecule has 1 aliphatic heterocycles. The summed E-state index contributed by atoms with van der Waals surface area (Å²) in [7, 11) is 0. The molecule has 1 aromatic rings. The van der Waals surface area contributed by atoms with Crippen LogP contribution in [0.1, 0.15) is 42.9 Å². The molecule has 1 atom stereocenters. The molecule has 1 saturated carbocycles. The van der Waals surface area contributed by atoms with Gasteiger partial charge in [-0.05, 0) is 36.9 Å². The number of amides is 1. The van der Waals surface area contributed by atoms with E-state index < -0.39 is 11.4 Å². The summed E-state index contributed by atoms with van der Waals surface area (Å²) >= 11 is 0. The van der Waals surface area contributed by atoms with Crippen LogP contribution in [0.2, 0.25) is 0 Å². The Morgan fingerprint density at radius 3 is 2.68 bits per heavy atom. The normalized spacial score (nSPS) is 23.4. The fourth-order valence-corrected chi connectivity index (χ4v) is 3.62. The maximum absolute atomic E-state index is 12.7.